The minimum absolute atomic E-state index is 0.192. The third-order valence-corrected chi connectivity index (χ3v) is 2.29. The van der Waals surface area contributed by atoms with E-state index in [0.29, 0.717) is 6.04 Å². The molecule has 0 saturated heterocycles. The van der Waals surface area contributed by atoms with Crippen molar-refractivity contribution >= 4 is 5.91 Å². The molecule has 0 aromatic carbocycles. The molecule has 78 valence electrons. The van der Waals surface area contributed by atoms with Crippen molar-refractivity contribution in [3.8, 4) is 0 Å². The molecular weight excluding hydrogens is 166 g/mol. The normalized spacial score (nSPS) is 15.8. The zero-order valence-electron chi connectivity index (χ0n) is 9.00. The Bertz CT molecular complexity index is 159. The summed E-state index contributed by atoms with van der Waals surface area (Å²) in [5.41, 5.74) is 5.19. The molecule has 0 rings (SSSR count). The van der Waals surface area contributed by atoms with Crippen molar-refractivity contribution in [1.82, 2.24) is 10.2 Å². The van der Waals surface area contributed by atoms with Gasteiger partial charge in [-0.1, -0.05) is 6.92 Å². The number of nitrogens with one attached hydrogen (secondary N) is 1. The summed E-state index contributed by atoms with van der Waals surface area (Å²) < 4.78 is 0. The third kappa shape index (κ3) is 4.85. The summed E-state index contributed by atoms with van der Waals surface area (Å²) in [4.78, 5) is 13.0. The van der Waals surface area contributed by atoms with Crippen molar-refractivity contribution in [2.45, 2.75) is 32.4 Å². The molecule has 3 N–H and O–H groups in total. The van der Waals surface area contributed by atoms with Crippen LogP contribution in [0, 0.1) is 0 Å². The van der Waals surface area contributed by atoms with Gasteiger partial charge in [0, 0.05) is 12.6 Å². The number of hydrogen-bond donors (Lipinski definition) is 2. The maximum absolute atomic E-state index is 10.9. The molecule has 0 heterocycles. The minimum Gasteiger partial charge on any atom is -0.368 e. The number of amides is 1. The molecule has 0 bridgehead atoms. The molecule has 13 heavy (non-hydrogen) atoms. The van der Waals surface area contributed by atoms with Gasteiger partial charge in [-0.2, -0.15) is 0 Å². The van der Waals surface area contributed by atoms with Crippen molar-refractivity contribution in [2.75, 3.05) is 20.6 Å². The molecule has 4 nitrogen and oxygen atoms in total. The van der Waals surface area contributed by atoms with Gasteiger partial charge in [0.15, 0.2) is 0 Å². The summed E-state index contributed by atoms with van der Waals surface area (Å²) in [5, 5.41) is 3.13. The molecule has 2 atom stereocenters. The predicted octanol–water partition coefficient (Wildman–Crippen LogP) is -0.210. The lowest BCUT2D eigenvalue weighted by Gasteiger charge is -2.22. The molecule has 0 aliphatic heterocycles. The number of primary amides is 1. The van der Waals surface area contributed by atoms with Crippen LogP contribution in [-0.4, -0.2) is 43.5 Å². The first kappa shape index (κ1) is 12.4. The molecule has 0 aliphatic rings. The molecule has 0 spiro atoms. The number of rotatable bonds is 6. The van der Waals surface area contributed by atoms with Gasteiger partial charge in [0.2, 0.25) is 5.91 Å². The Labute approximate surface area is 80.5 Å². The van der Waals surface area contributed by atoms with Crippen molar-refractivity contribution in [1.29, 1.82) is 0 Å². The zero-order chi connectivity index (χ0) is 10.4. The molecule has 2 unspecified atom stereocenters. The van der Waals surface area contributed by atoms with E-state index in [2.05, 4.69) is 17.1 Å². The van der Waals surface area contributed by atoms with E-state index in [9.17, 15) is 4.79 Å². The highest BCUT2D eigenvalue weighted by atomic mass is 16.1. The molecule has 0 aromatic rings. The SMILES string of the molecule is CCC(NCC(C)N(C)C)C(N)=O. The number of carbonyl (C=O) groups excluding carboxylic acids is 1. The quantitative estimate of drug-likeness (QED) is 0.605. The van der Waals surface area contributed by atoms with Crippen molar-refractivity contribution < 1.29 is 4.79 Å². The van der Waals surface area contributed by atoms with Crippen molar-refractivity contribution in [2.24, 2.45) is 5.73 Å². The zero-order valence-corrected chi connectivity index (χ0v) is 9.00. The highest BCUT2D eigenvalue weighted by Crippen LogP contribution is 1.93. The molecule has 0 fully saturated rings. The Morgan fingerprint density at radius 2 is 2.08 bits per heavy atom. The highest BCUT2D eigenvalue weighted by Gasteiger charge is 2.13. The summed E-state index contributed by atoms with van der Waals surface area (Å²) in [7, 11) is 4.02. The van der Waals surface area contributed by atoms with Crippen LogP contribution in [0.4, 0.5) is 0 Å². The van der Waals surface area contributed by atoms with Gasteiger partial charge in [-0.15, -0.1) is 0 Å². The molecule has 0 aromatic heterocycles. The van der Waals surface area contributed by atoms with Crippen LogP contribution in [0.5, 0.6) is 0 Å². The number of carbonyl (C=O) groups is 1. The summed E-state index contributed by atoms with van der Waals surface area (Å²) in [5.74, 6) is -0.270. The fourth-order valence-electron chi connectivity index (χ4n) is 0.942. The van der Waals surface area contributed by atoms with Gasteiger partial charge < -0.3 is 16.0 Å². The lowest BCUT2D eigenvalue weighted by atomic mass is 10.2. The smallest absolute Gasteiger partial charge is 0.234 e. The number of hydrogen-bond acceptors (Lipinski definition) is 3. The van der Waals surface area contributed by atoms with E-state index >= 15 is 0 Å². The van der Waals surface area contributed by atoms with E-state index < -0.39 is 0 Å². The number of likely N-dealkylation sites (N-methyl/N-ethyl adjacent to an activating group) is 1. The highest BCUT2D eigenvalue weighted by molar-refractivity contribution is 5.79. The molecular formula is C9H21N3O. The molecule has 1 amide bonds. The van der Waals surface area contributed by atoms with E-state index in [4.69, 9.17) is 5.73 Å². The van der Waals surface area contributed by atoms with Crippen molar-refractivity contribution in [3.63, 3.8) is 0 Å². The van der Waals surface area contributed by atoms with Crippen LogP contribution >= 0.6 is 0 Å². The fourth-order valence-corrected chi connectivity index (χ4v) is 0.942. The summed E-state index contributed by atoms with van der Waals surface area (Å²) >= 11 is 0. The van der Waals surface area contributed by atoms with Gasteiger partial charge in [0.1, 0.15) is 0 Å². The van der Waals surface area contributed by atoms with E-state index in [1.807, 2.05) is 21.0 Å². The second-order valence-corrected chi connectivity index (χ2v) is 3.58. The van der Waals surface area contributed by atoms with Crippen LogP contribution in [0.2, 0.25) is 0 Å². The van der Waals surface area contributed by atoms with Gasteiger partial charge in [-0.3, -0.25) is 4.79 Å². The average molecular weight is 187 g/mol. The van der Waals surface area contributed by atoms with Crippen LogP contribution in [0.3, 0.4) is 0 Å². The maximum atomic E-state index is 10.9. The van der Waals surface area contributed by atoms with Crippen LogP contribution in [0.15, 0.2) is 0 Å². The van der Waals surface area contributed by atoms with Gasteiger partial charge in [0.25, 0.3) is 0 Å². The van der Waals surface area contributed by atoms with Gasteiger partial charge in [-0.05, 0) is 27.4 Å². The van der Waals surface area contributed by atoms with E-state index in [0.717, 1.165) is 13.0 Å². The predicted molar refractivity (Wildman–Crippen MR) is 54.4 cm³/mol. The Kier molecular flexibility index (Phi) is 5.66. The van der Waals surface area contributed by atoms with E-state index in [1.165, 1.54) is 0 Å². The van der Waals surface area contributed by atoms with E-state index in [1.54, 1.807) is 0 Å². The van der Waals surface area contributed by atoms with Crippen molar-refractivity contribution in [3.05, 3.63) is 0 Å². The largest absolute Gasteiger partial charge is 0.368 e. The minimum atomic E-state index is -0.270. The van der Waals surface area contributed by atoms with Gasteiger partial charge in [0.05, 0.1) is 6.04 Å². The number of nitrogens with two attached hydrogens (primary N) is 1. The third-order valence-electron chi connectivity index (χ3n) is 2.29. The average Bonchev–Trinajstić information content (AvgIpc) is 2.04. The Hall–Kier alpha value is -0.610. The van der Waals surface area contributed by atoms with Gasteiger partial charge in [-0.25, -0.2) is 0 Å². The Morgan fingerprint density at radius 3 is 2.38 bits per heavy atom. The van der Waals surface area contributed by atoms with Crippen LogP contribution < -0.4 is 11.1 Å². The van der Waals surface area contributed by atoms with Crippen LogP contribution in [0.1, 0.15) is 20.3 Å². The molecule has 0 radical (unpaired) electrons. The standard InChI is InChI=1S/C9H21N3O/c1-5-8(9(10)13)11-6-7(2)12(3)4/h7-8,11H,5-6H2,1-4H3,(H2,10,13). The van der Waals surface area contributed by atoms with Crippen LogP contribution in [-0.2, 0) is 4.79 Å². The lowest BCUT2D eigenvalue weighted by molar-refractivity contribution is -0.120. The summed E-state index contributed by atoms with van der Waals surface area (Å²) in [6, 6.07) is 0.218. The summed E-state index contributed by atoms with van der Waals surface area (Å²) in [6.07, 6.45) is 0.746. The summed E-state index contributed by atoms with van der Waals surface area (Å²) in [6.45, 7) is 4.83. The molecule has 0 aliphatic carbocycles. The van der Waals surface area contributed by atoms with Crippen LogP contribution in [0.25, 0.3) is 0 Å². The fraction of sp³-hybridized carbons (Fsp3) is 0.889. The lowest BCUT2D eigenvalue weighted by Crippen LogP contribution is -2.46. The Balaban J connectivity index is 3.78. The second kappa shape index (κ2) is 5.94. The first-order valence-electron chi connectivity index (χ1n) is 4.68. The number of nitrogens with zero attached hydrogens (tertiary/aromatic N) is 1. The molecule has 0 saturated carbocycles. The monoisotopic (exact) mass is 187 g/mol. The maximum Gasteiger partial charge on any atom is 0.234 e. The van der Waals surface area contributed by atoms with Gasteiger partial charge >= 0.3 is 0 Å². The first-order valence-corrected chi connectivity index (χ1v) is 4.68. The van der Waals surface area contributed by atoms with E-state index in [-0.39, 0.29) is 11.9 Å². The molecule has 4 heteroatoms. The Morgan fingerprint density at radius 1 is 1.54 bits per heavy atom. The topological polar surface area (TPSA) is 58.4 Å². The second-order valence-electron chi connectivity index (χ2n) is 3.58. The first-order chi connectivity index (χ1) is 5.99.